The molecule has 8 aromatic rings. The number of hydrogen-bond donors (Lipinski definition) is 3. The fourth-order valence-corrected chi connectivity index (χ4v) is 5.69. The number of carbonyl (C=O) groups excluding carboxylic acids is 2. The first-order chi connectivity index (χ1) is 27.4. The molecular weight excluding hydrogens is 915 g/mol. The lowest BCUT2D eigenvalue weighted by molar-refractivity contribution is 0.101. The molecule has 286 valence electrons. The number of rotatable bonds is 7. The van der Waals surface area contributed by atoms with Gasteiger partial charge < -0.3 is 29.3 Å². The summed E-state index contributed by atoms with van der Waals surface area (Å²) in [7, 11) is 1.60. The van der Waals surface area contributed by atoms with E-state index in [9.17, 15) is 14.7 Å². The van der Waals surface area contributed by atoms with Crippen molar-refractivity contribution >= 4 is 84.9 Å². The summed E-state index contributed by atoms with van der Waals surface area (Å²) in [5, 5.41) is 15.0. The van der Waals surface area contributed by atoms with E-state index in [1.807, 2.05) is 107 Å². The van der Waals surface area contributed by atoms with Gasteiger partial charge in [-0.05, 0) is 110 Å². The monoisotopic (exact) mass is 948 g/mol. The van der Waals surface area contributed by atoms with Crippen LogP contribution >= 0.6 is 47.3 Å². The van der Waals surface area contributed by atoms with Crippen LogP contribution in [0.4, 0.5) is 11.4 Å². The number of carbonyl (C=O) groups is 2. The van der Waals surface area contributed by atoms with Crippen LogP contribution in [0.3, 0.4) is 0 Å². The smallest absolute Gasteiger partial charge is 0.369 e. The number of phenols is 1. The first-order valence-electron chi connectivity index (χ1n) is 17.5. The van der Waals surface area contributed by atoms with Crippen LogP contribution in [0.15, 0.2) is 146 Å². The maximum absolute atomic E-state index is 12.4. The molecule has 4 aromatic heterocycles. The summed E-state index contributed by atoms with van der Waals surface area (Å²) in [5.41, 5.74) is 10.4. The van der Waals surface area contributed by atoms with Gasteiger partial charge in [0, 0.05) is 58.4 Å². The molecule has 0 saturated heterocycles. The van der Waals surface area contributed by atoms with E-state index < -0.39 is 0 Å². The molecular formula is C43H36BBr3N6O4. The number of fused-ring (bicyclic) bond motifs is 2. The summed E-state index contributed by atoms with van der Waals surface area (Å²) in [5.74, 6) is 0.474. The van der Waals surface area contributed by atoms with Crippen molar-refractivity contribution in [2.45, 2.75) is 13.8 Å². The number of anilines is 2. The molecule has 0 radical (unpaired) electrons. The van der Waals surface area contributed by atoms with Crippen LogP contribution in [0, 0.1) is 13.8 Å². The number of aromatic nitrogens is 4. The second-order valence-electron chi connectivity index (χ2n) is 12.8. The normalized spacial score (nSPS) is 10.5. The highest BCUT2D eigenvalue weighted by atomic mass is 79.9. The summed E-state index contributed by atoms with van der Waals surface area (Å²) in [6.07, 6.45) is 8.09. The molecule has 0 saturated carbocycles. The quantitative estimate of drug-likeness (QED) is 0.137. The number of imidazole rings is 2. The number of methoxy groups -OCH3 is 1. The van der Waals surface area contributed by atoms with Gasteiger partial charge in [0.05, 0.1) is 18.5 Å². The number of nitrogens with zero attached hydrogens (tertiary/aromatic N) is 4. The number of aryl methyl sites for hydroxylation is 2. The minimum absolute atomic E-state index is 0.133. The number of ether oxygens (including phenoxy) is 1. The van der Waals surface area contributed by atoms with Crippen molar-refractivity contribution < 1.29 is 19.4 Å². The van der Waals surface area contributed by atoms with Gasteiger partial charge in [0.25, 0.3) is 11.8 Å². The number of halogens is 3. The van der Waals surface area contributed by atoms with Crippen LogP contribution < -0.4 is 15.4 Å². The highest BCUT2D eigenvalue weighted by Gasteiger charge is 2.10. The van der Waals surface area contributed by atoms with Gasteiger partial charge in [-0.25, -0.2) is 9.97 Å². The molecule has 4 heterocycles. The van der Waals surface area contributed by atoms with Crippen molar-refractivity contribution in [1.82, 2.24) is 18.8 Å². The maximum atomic E-state index is 12.4. The lowest BCUT2D eigenvalue weighted by atomic mass is 10.1. The molecule has 14 heteroatoms. The second kappa shape index (κ2) is 19.0. The highest BCUT2D eigenvalue weighted by Crippen LogP contribution is 2.24. The molecule has 0 bridgehead atoms. The van der Waals surface area contributed by atoms with Gasteiger partial charge in [-0.15, -0.1) is 47.3 Å². The molecule has 10 nitrogen and oxygen atoms in total. The highest BCUT2D eigenvalue weighted by molar-refractivity contribution is 9.69. The van der Waals surface area contributed by atoms with Crippen molar-refractivity contribution in [3.8, 4) is 34.0 Å². The minimum atomic E-state index is -0.221. The van der Waals surface area contributed by atoms with Gasteiger partial charge >= 0.3 is 3.18 Å². The Labute approximate surface area is 355 Å². The summed E-state index contributed by atoms with van der Waals surface area (Å²) < 4.78 is 9.41. The molecule has 0 unspecified atom stereocenters. The lowest BCUT2D eigenvalue weighted by Crippen LogP contribution is -2.11. The molecule has 8 rings (SSSR count). The van der Waals surface area contributed by atoms with Crippen LogP contribution in [-0.4, -0.2) is 46.0 Å². The van der Waals surface area contributed by atoms with Crippen LogP contribution in [-0.2, 0) is 0 Å². The Morgan fingerprint density at radius 3 is 1.35 bits per heavy atom. The Bertz CT molecular complexity index is 2610. The Balaban J connectivity index is 0.000000176. The Morgan fingerprint density at radius 1 is 0.579 bits per heavy atom. The number of phenolic OH excluding ortho intramolecular Hbond substituents is 1. The molecule has 2 amide bonds. The Morgan fingerprint density at radius 2 is 0.965 bits per heavy atom. The van der Waals surface area contributed by atoms with Gasteiger partial charge in [0.2, 0.25) is 0 Å². The van der Waals surface area contributed by atoms with Crippen molar-refractivity contribution in [2.75, 3.05) is 17.7 Å². The van der Waals surface area contributed by atoms with E-state index in [4.69, 9.17) is 4.74 Å². The molecule has 0 atom stereocenters. The summed E-state index contributed by atoms with van der Waals surface area (Å²) in [6, 6.07) is 36.5. The molecule has 0 aliphatic carbocycles. The molecule has 0 aliphatic heterocycles. The molecule has 0 aliphatic rings. The molecule has 3 N–H and O–H groups in total. The van der Waals surface area contributed by atoms with E-state index in [0.717, 1.165) is 45.2 Å². The zero-order chi connectivity index (χ0) is 40.5. The first kappa shape index (κ1) is 41.0. The molecule has 0 spiro atoms. The average molecular weight is 951 g/mol. The van der Waals surface area contributed by atoms with Gasteiger partial charge in [0.15, 0.2) is 0 Å². The predicted molar refractivity (Wildman–Crippen MR) is 240 cm³/mol. The number of amides is 2. The van der Waals surface area contributed by atoms with E-state index in [2.05, 4.69) is 81.0 Å². The topological polar surface area (TPSA) is 122 Å². The Hall–Kier alpha value is -5.70. The number of nitrogens with one attached hydrogen (secondary N) is 2. The molecule has 0 fully saturated rings. The second-order valence-corrected chi connectivity index (χ2v) is 19.2. The number of aromatic hydroxyl groups is 1. The summed E-state index contributed by atoms with van der Waals surface area (Å²) in [6.45, 7) is 4.10. The van der Waals surface area contributed by atoms with E-state index in [0.29, 0.717) is 16.8 Å². The lowest BCUT2D eigenvalue weighted by Gasteiger charge is -2.07. The van der Waals surface area contributed by atoms with Crippen LogP contribution in [0.5, 0.6) is 11.5 Å². The number of hydrogen-bond acceptors (Lipinski definition) is 6. The maximum Gasteiger partial charge on any atom is 0.369 e. The van der Waals surface area contributed by atoms with Crippen molar-refractivity contribution in [1.29, 1.82) is 0 Å². The van der Waals surface area contributed by atoms with E-state index in [1.54, 1.807) is 43.5 Å². The molecule has 4 aromatic carbocycles. The molecule has 57 heavy (non-hydrogen) atoms. The summed E-state index contributed by atoms with van der Waals surface area (Å²) >= 11 is 9.31. The van der Waals surface area contributed by atoms with Gasteiger partial charge in [-0.1, -0.05) is 36.4 Å². The van der Waals surface area contributed by atoms with Crippen molar-refractivity contribution in [3.05, 3.63) is 168 Å². The number of pyridine rings is 2. The Kier molecular flexibility index (Phi) is 13.6. The zero-order valence-electron chi connectivity index (χ0n) is 31.0. The SMILES string of the molecule is BrB(Br)Br.COc1ccc(C(=O)Nc2ccc(-c3cn4cc(C)ccc4n3)cc2)cc1.Cc1ccc2nc(-c3ccc(NC(=O)c4ccc(O)cc4)cc3)cn2c1. The van der Waals surface area contributed by atoms with E-state index >= 15 is 0 Å². The predicted octanol–water partition coefficient (Wildman–Crippen LogP) is 11.0. The third kappa shape index (κ3) is 11.2. The third-order valence-electron chi connectivity index (χ3n) is 8.56. The van der Waals surface area contributed by atoms with Crippen LogP contribution in [0.25, 0.3) is 33.8 Å². The van der Waals surface area contributed by atoms with Gasteiger partial charge in [0.1, 0.15) is 22.8 Å². The number of benzene rings is 4. The van der Waals surface area contributed by atoms with Crippen molar-refractivity contribution in [2.24, 2.45) is 0 Å². The van der Waals surface area contributed by atoms with Gasteiger partial charge in [-0.3, -0.25) is 9.59 Å². The van der Waals surface area contributed by atoms with E-state index in [1.165, 1.54) is 23.3 Å². The summed E-state index contributed by atoms with van der Waals surface area (Å²) in [4.78, 5) is 33.8. The standard InChI is InChI=1S/C22H19N3O2.C21H17N3O2.BBr3/c1-15-3-12-21-24-20(14-25(21)13-15)16-4-8-18(9-5-16)23-22(26)17-6-10-19(27-2)11-7-17;1-14-2-11-20-23-19(13-24(20)12-14)15-3-7-17(8-4-15)22-21(26)16-5-9-18(25)10-6-16;2-1(3)4/h3-14H,1-2H3,(H,23,26);2-13,25H,1H3,(H,22,26);. The third-order valence-corrected chi connectivity index (χ3v) is 8.56. The van der Waals surface area contributed by atoms with Crippen molar-refractivity contribution in [3.63, 3.8) is 0 Å². The van der Waals surface area contributed by atoms with Gasteiger partial charge in [-0.2, -0.15) is 0 Å². The minimum Gasteiger partial charge on any atom is -0.508 e. The van der Waals surface area contributed by atoms with Crippen LogP contribution in [0.2, 0.25) is 0 Å². The fourth-order valence-electron chi connectivity index (χ4n) is 5.69. The largest absolute Gasteiger partial charge is 0.508 e. The fraction of sp³-hybridized carbons (Fsp3) is 0.0698. The first-order valence-corrected chi connectivity index (χ1v) is 20.3. The van der Waals surface area contributed by atoms with E-state index in [-0.39, 0.29) is 20.7 Å². The average Bonchev–Trinajstić information content (AvgIpc) is 3.83. The van der Waals surface area contributed by atoms with Crippen LogP contribution in [0.1, 0.15) is 31.8 Å². The zero-order valence-corrected chi connectivity index (χ0v) is 35.8.